The van der Waals surface area contributed by atoms with Gasteiger partial charge in [0.15, 0.2) is 0 Å². The molecule has 0 saturated carbocycles. The summed E-state index contributed by atoms with van der Waals surface area (Å²) < 4.78 is 0. The second-order valence-electron chi connectivity index (χ2n) is 3.80. The zero-order valence-electron chi connectivity index (χ0n) is 9.10. The van der Waals surface area contributed by atoms with Crippen LogP contribution in [-0.2, 0) is 9.63 Å². The molecule has 1 aromatic carbocycles. The van der Waals surface area contributed by atoms with Crippen molar-refractivity contribution in [1.29, 1.82) is 0 Å². The number of nitrogens with zero attached hydrogens (tertiary/aromatic N) is 1. The van der Waals surface area contributed by atoms with Crippen molar-refractivity contribution in [3.8, 4) is 0 Å². The lowest BCUT2D eigenvalue weighted by Crippen LogP contribution is -2.31. The van der Waals surface area contributed by atoms with Crippen molar-refractivity contribution in [2.45, 2.75) is 6.10 Å². The van der Waals surface area contributed by atoms with Gasteiger partial charge >= 0.3 is 0 Å². The molecule has 17 heavy (non-hydrogen) atoms. The number of rotatable bonds is 3. The number of hydrogen-bond acceptors (Lipinski definition) is 4. The molecule has 0 spiro atoms. The maximum Gasteiger partial charge on any atom is 0.241 e. The van der Waals surface area contributed by atoms with Crippen LogP contribution in [0.15, 0.2) is 24.3 Å². The van der Waals surface area contributed by atoms with E-state index >= 15 is 0 Å². The first-order chi connectivity index (χ1) is 8.15. The minimum absolute atomic E-state index is 0.0717. The Balaban J connectivity index is 1.87. The van der Waals surface area contributed by atoms with Crippen molar-refractivity contribution in [3.05, 3.63) is 29.3 Å². The van der Waals surface area contributed by atoms with E-state index in [1.54, 1.807) is 24.3 Å². The van der Waals surface area contributed by atoms with Gasteiger partial charge in [-0.25, -0.2) is 0 Å². The lowest BCUT2D eigenvalue weighted by molar-refractivity contribution is -0.138. The summed E-state index contributed by atoms with van der Waals surface area (Å²) in [6.07, 6.45) is -0.525. The molecule has 0 aliphatic carbocycles. The number of aliphatic hydroxyl groups excluding tert-OH is 1. The Labute approximate surface area is 104 Å². The Bertz CT molecular complexity index is 413. The number of carbonyl (C=O) groups excluding carboxylic acids is 1. The van der Waals surface area contributed by atoms with Crippen LogP contribution in [0.5, 0.6) is 0 Å². The van der Waals surface area contributed by atoms with Gasteiger partial charge in [0, 0.05) is 0 Å². The number of benzene rings is 1. The van der Waals surface area contributed by atoms with Crippen molar-refractivity contribution in [2.75, 3.05) is 25.0 Å². The van der Waals surface area contributed by atoms with E-state index in [9.17, 15) is 9.90 Å². The van der Waals surface area contributed by atoms with E-state index in [2.05, 4.69) is 5.32 Å². The van der Waals surface area contributed by atoms with Gasteiger partial charge < -0.3 is 10.4 Å². The van der Waals surface area contributed by atoms with E-state index in [1.807, 2.05) is 0 Å². The quantitative estimate of drug-likeness (QED) is 0.843. The van der Waals surface area contributed by atoms with E-state index in [-0.39, 0.29) is 19.1 Å². The summed E-state index contributed by atoms with van der Waals surface area (Å²) in [5, 5.41) is 13.8. The molecule has 1 amide bonds. The van der Waals surface area contributed by atoms with Crippen LogP contribution < -0.4 is 5.32 Å². The molecule has 0 bridgehead atoms. The monoisotopic (exact) mass is 256 g/mol. The molecule has 5 nitrogen and oxygen atoms in total. The van der Waals surface area contributed by atoms with Gasteiger partial charge in [0.05, 0.1) is 30.0 Å². The lowest BCUT2D eigenvalue weighted by Gasteiger charge is -2.13. The van der Waals surface area contributed by atoms with E-state index in [0.717, 1.165) is 0 Å². The SMILES string of the molecule is O=C(CN1CC(O)CO1)Nc1ccccc1Cl. The molecular weight excluding hydrogens is 244 g/mol. The zero-order valence-corrected chi connectivity index (χ0v) is 9.85. The van der Waals surface area contributed by atoms with Crippen molar-refractivity contribution < 1.29 is 14.7 Å². The second-order valence-corrected chi connectivity index (χ2v) is 4.21. The summed E-state index contributed by atoms with van der Waals surface area (Å²) in [7, 11) is 0. The maximum absolute atomic E-state index is 11.7. The van der Waals surface area contributed by atoms with Crippen LogP contribution in [0.4, 0.5) is 5.69 Å². The third-order valence-electron chi connectivity index (χ3n) is 2.33. The van der Waals surface area contributed by atoms with Crippen LogP contribution in [0.25, 0.3) is 0 Å². The molecule has 0 aromatic heterocycles. The topological polar surface area (TPSA) is 61.8 Å². The van der Waals surface area contributed by atoms with Crippen LogP contribution >= 0.6 is 11.6 Å². The number of nitrogens with one attached hydrogen (secondary N) is 1. The van der Waals surface area contributed by atoms with Crippen LogP contribution in [-0.4, -0.2) is 41.9 Å². The number of halogens is 1. The Kier molecular flexibility index (Phi) is 3.96. The third-order valence-corrected chi connectivity index (χ3v) is 2.66. The van der Waals surface area contributed by atoms with Crippen LogP contribution in [0.3, 0.4) is 0 Å². The average Bonchev–Trinajstić information content (AvgIpc) is 2.67. The first-order valence-electron chi connectivity index (χ1n) is 5.25. The summed E-state index contributed by atoms with van der Waals surface area (Å²) in [6, 6.07) is 7.00. The fourth-order valence-corrected chi connectivity index (χ4v) is 1.74. The number of anilines is 1. The van der Waals surface area contributed by atoms with Crippen molar-refractivity contribution in [1.82, 2.24) is 5.06 Å². The van der Waals surface area contributed by atoms with Gasteiger partial charge in [-0.15, -0.1) is 0 Å². The Morgan fingerprint density at radius 3 is 3.00 bits per heavy atom. The van der Waals surface area contributed by atoms with Gasteiger partial charge in [-0.1, -0.05) is 23.7 Å². The highest BCUT2D eigenvalue weighted by Crippen LogP contribution is 2.20. The third kappa shape index (κ3) is 3.41. The number of amides is 1. The van der Waals surface area contributed by atoms with Crippen LogP contribution in [0.1, 0.15) is 0 Å². The Morgan fingerprint density at radius 1 is 1.59 bits per heavy atom. The predicted molar refractivity (Wildman–Crippen MR) is 63.6 cm³/mol. The molecule has 1 aromatic rings. The summed E-state index contributed by atoms with van der Waals surface area (Å²) >= 11 is 5.91. The summed E-state index contributed by atoms with van der Waals surface area (Å²) in [6.45, 7) is 0.650. The minimum atomic E-state index is -0.525. The Hall–Kier alpha value is -1.14. The molecule has 1 aliphatic rings. The van der Waals surface area contributed by atoms with Gasteiger partial charge in [0.25, 0.3) is 0 Å². The van der Waals surface area contributed by atoms with Gasteiger partial charge in [0.1, 0.15) is 6.54 Å². The fourth-order valence-electron chi connectivity index (χ4n) is 1.55. The number of β-amino-alcohol motifs (C(OH)–C–C–N with tert-alkyl or cyclic N) is 1. The normalized spacial score (nSPS) is 20.5. The highest BCUT2D eigenvalue weighted by atomic mass is 35.5. The number of hydrogen-bond donors (Lipinski definition) is 2. The molecule has 6 heteroatoms. The smallest absolute Gasteiger partial charge is 0.241 e. The molecule has 2 rings (SSSR count). The molecule has 1 heterocycles. The van der Waals surface area contributed by atoms with E-state index in [1.165, 1.54) is 5.06 Å². The summed E-state index contributed by atoms with van der Waals surface area (Å²) in [5.74, 6) is -0.229. The highest BCUT2D eigenvalue weighted by molar-refractivity contribution is 6.33. The molecule has 1 unspecified atom stereocenters. The standard InChI is InChI=1S/C11H13ClN2O3/c12-9-3-1-2-4-10(9)13-11(16)6-14-5-8(15)7-17-14/h1-4,8,15H,5-7H2,(H,13,16). The molecular formula is C11H13ClN2O3. The molecule has 1 fully saturated rings. The number of aliphatic hydroxyl groups is 1. The molecule has 1 aliphatic heterocycles. The average molecular weight is 257 g/mol. The molecule has 1 atom stereocenters. The first-order valence-corrected chi connectivity index (χ1v) is 5.63. The molecule has 92 valence electrons. The van der Waals surface area contributed by atoms with Gasteiger partial charge in [-0.05, 0) is 12.1 Å². The van der Waals surface area contributed by atoms with Gasteiger partial charge in [0.2, 0.25) is 5.91 Å². The molecule has 0 radical (unpaired) electrons. The fraction of sp³-hybridized carbons (Fsp3) is 0.364. The van der Waals surface area contributed by atoms with E-state index < -0.39 is 6.10 Å². The van der Waals surface area contributed by atoms with Crippen molar-refractivity contribution in [3.63, 3.8) is 0 Å². The predicted octanol–water partition coefficient (Wildman–Crippen LogP) is 0.887. The molecule has 2 N–H and O–H groups in total. The van der Waals surface area contributed by atoms with Gasteiger partial charge in [-0.3, -0.25) is 9.63 Å². The van der Waals surface area contributed by atoms with E-state index in [4.69, 9.17) is 16.4 Å². The highest BCUT2D eigenvalue weighted by Gasteiger charge is 2.23. The zero-order chi connectivity index (χ0) is 12.3. The lowest BCUT2D eigenvalue weighted by atomic mass is 10.3. The maximum atomic E-state index is 11.7. The van der Waals surface area contributed by atoms with Crippen LogP contribution in [0.2, 0.25) is 5.02 Å². The van der Waals surface area contributed by atoms with E-state index in [0.29, 0.717) is 17.3 Å². The van der Waals surface area contributed by atoms with Crippen molar-refractivity contribution in [2.24, 2.45) is 0 Å². The minimum Gasteiger partial charge on any atom is -0.389 e. The molecule has 1 saturated heterocycles. The first kappa shape index (κ1) is 12.3. The Morgan fingerprint density at radius 2 is 2.35 bits per heavy atom. The van der Waals surface area contributed by atoms with Crippen molar-refractivity contribution >= 4 is 23.2 Å². The number of carbonyl (C=O) groups is 1. The number of para-hydroxylation sites is 1. The summed E-state index contributed by atoms with van der Waals surface area (Å²) in [4.78, 5) is 16.7. The summed E-state index contributed by atoms with van der Waals surface area (Å²) in [5.41, 5.74) is 0.568. The largest absolute Gasteiger partial charge is 0.389 e. The number of hydroxylamine groups is 2. The second kappa shape index (κ2) is 5.46. The van der Waals surface area contributed by atoms with Crippen LogP contribution in [0, 0.1) is 0 Å². The van der Waals surface area contributed by atoms with Gasteiger partial charge in [-0.2, -0.15) is 5.06 Å².